The van der Waals surface area contributed by atoms with Crippen LogP contribution >= 0.6 is 11.3 Å². The molecule has 0 aliphatic rings. The lowest BCUT2D eigenvalue weighted by atomic mass is 10.1. The first-order valence-corrected chi connectivity index (χ1v) is 8.03. The molecule has 6 nitrogen and oxygen atoms in total. The number of hydrogen-bond acceptors (Lipinski definition) is 6. The fourth-order valence-electron chi connectivity index (χ4n) is 2.47. The molecule has 1 heterocycles. The van der Waals surface area contributed by atoms with Crippen molar-refractivity contribution >= 4 is 38.3 Å². The van der Waals surface area contributed by atoms with Gasteiger partial charge in [-0.3, -0.25) is 4.79 Å². The average molecular weight is 343 g/mol. The van der Waals surface area contributed by atoms with Crippen LogP contribution in [0.5, 0.6) is 11.5 Å². The van der Waals surface area contributed by atoms with E-state index in [0.29, 0.717) is 27.9 Å². The number of nitrogen functional groups attached to an aromatic ring is 1. The van der Waals surface area contributed by atoms with Crippen molar-refractivity contribution in [1.29, 1.82) is 0 Å². The summed E-state index contributed by atoms with van der Waals surface area (Å²) in [4.78, 5) is 16.8. The number of benzene rings is 2. The molecule has 0 unspecified atom stereocenters. The molecule has 0 atom stereocenters. The van der Waals surface area contributed by atoms with Crippen molar-refractivity contribution in [2.24, 2.45) is 0 Å². The molecule has 0 saturated carbocycles. The zero-order valence-corrected chi connectivity index (χ0v) is 14.4. The molecule has 2 aromatic carbocycles. The summed E-state index contributed by atoms with van der Waals surface area (Å²) in [5.41, 5.74) is 8.76. The molecule has 0 spiro atoms. The Balaban J connectivity index is 1.89. The van der Waals surface area contributed by atoms with Crippen molar-refractivity contribution in [3.63, 3.8) is 0 Å². The van der Waals surface area contributed by atoms with Gasteiger partial charge in [-0.2, -0.15) is 0 Å². The van der Waals surface area contributed by atoms with Crippen LogP contribution in [0, 0.1) is 6.92 Å². The second-order valence-electron chi connectivity index (χ2n) is 5.22. The van der Waals surface area contributed by atoms with E-state index in [4.69, 9.17) is 15.2 Å². The summed E-state index contributed by atoms with van der Waals surface area (Å²) < 4.78 is 11.4. The van der Waals surface area contributed by atoms with Gasteiger partial charge in [-0.15, -0.1) is 0 Å². The molecule has 7 heteroatoms. The number of amides is 1. The van der Waals surface area contributed by atoms with E-state index in [2.05, 4.69) is 10.3 Å². The summed E-state index contributed by atoms with van der Waals surface area (Å²) in [5.74, 6) is 0.852. The number of nitrogens with zero attached hydrogens (tertiary/aromatic N) is 1. The zero-order valence-electron chi connectivity index (χ0n) is 13.5. The normalized spacial score (nSPS) is 10.6. The predicted octanol–water partition coefficient (Wildman–Crippen LogP) is 3.46. The smallest absolute Gasteiger partial charge is 0.255 e. The maximum atomic E-state index is 12.5. The van der Waals surface area contributed by atoms with Crippen molar-refractivity contribution in [3.8, 4) is 11.5 Å². The lowest BCUT2D eigenvalue weighted by molar-refractivity contribution is 0.102. The van der Waals surface area contributed by atoms with Crippen LogP contribution in [0.25, 0.3) is 10.2 Å². The number of nitrogens with two attached hydrogens (primary N) is 1. The van der Waals surface area contributed by atoms with Crippen LogP contribution in [0.15, 0.2) is 30.3 Å². The zero-order chi connectivity index (χ0) is 17.3. The summed E-state index contributed by atoms with van der Waals surface area (Å²) in [5, 5.41) is 3.40. The Morgan fingerprint density at radius 2 is 1.92 bits per heavy atom. The van der Waals surface area contributed by atoms with Crippen LogP contribution in [0.1, 0.15) is 15.9 Å². The highest BCUT2D eigenvalue weighted by molar-refractivity contribution is 7.22. The molecule has 0 aliphatic heterocycles. The van der Waals surface area contributed by atoms with Gasteiger partial charge in [0.2, 0.25) is 0 Å². The van der Waals surface area contributed by atoms with Crippen molar-refractivity contribution < 1.29 is 14.3 Å². The van der Waals surface area contributed by atoms with Gasteiger partial charge in [-0.05, 0) is 42.8 Å². The molecule has 0 radical (unpaired) electrons. The Labute approximate surface area is 143 Å². The SMILES string of the molecule is COc1ccc(C(=O)Nc2cc(C)c3nc(N)sc3c2)cc1OC. The van der Waals surface area contributed by atoms with E-state index in [0.717, 1.165) is 15.8 Å². The topological polar surface area (TPSA) is 86.5 Å². The van der Waals surface area contributed by atoms with Crippen LogP contribution in [-0.4, -0.2) is 25.1 Å². The summed E-state index contributed by atoms with van der Waals surface area (Å²) in [6.45, 7) is 1.94. The Morgan fingerprint density at radius 1 is 1.17 bits per heavy atom. The third kappa shape index (κ3) is 2.98. The number of hydrogen-bond donors (Lipinski definition) is 2. The lowest BCUT2D eigenvalue weighted by Crippen LogP contribution is -2.12. The van der Waals surface area contributed by atoms with Gasteiger partial charge in [0.15, 0.2) is 16.6 Å². The van der Waals surface area contributed by atoms with Crippen LogP contribution in [-0.2, 0) is 0 Å². The standard InChI is InChI=1S/C17H17N3O3S/c1-9-6-11(8-14-15(9)20-17(18)24-14)19-16(21)10-4-5-12(22-2)13(7-10)23-3/h4-8H,1-3H3,(H2,18,20)(H,19,21). The third-order valence-corrected chi connectivity index (χ3v) is 4.44. The molecule has 1 amide bonds. The Hall–Kier alpha value is -2.80. The minimum absolute atomic E-state index is 0.229. The number of carbonyl (C=O) groups is 1. The van der Waals surface area contributed by atoms with Gasteiger partial charge < -0.3 is 20.5 Å². The minimum Gasteiger partial charge on any atom is -0.493 e. The molecular formula is C17H17N3O3S. The largest absolute Gasteiger partial charge is 0.493 e. The van der Waals surface area contributed by atoms with Crippen molar-refractivity contribution in [3.05, 3.63) is 41.5 Å². The van der Waals surface area contributed by atoms with Gasteiger partial charge in [0.1, 0.15) is 0 Å². The summed E-state index contributed by atoms with van der Waals surface area (Å²) in [6, 6.07) is 8.78. The monoisotopic (exact) mass is 343 g/mol. The molecule has 24 heavy (non-hydrogen) atoms. The number of fused-ring (bicyclic) bond motifs is 1. The summed E-state index contributed by atoms with van der Waals surface area (Å²) in [7, 11) is 3.08. The first-order chi connectivity index (χ1) is 11.5. The molecule has 3 N–H and O–H groups in total. The van der Waals surface area contributed by atoms with E-state index < -0.39 is 0 Å². The Kier molecular flexibility index (Phi) is 4.26. The average Bonchev–Trinajstić information content (AvgIpc) is 2.95. The molecule has 3 aromatic rings. The minimum atomic E-state index is -0.229. The fourth-order valence-corrected chi connectivity index (χ4v) is 3.32. The van der Waals surface area contributed by atoms with E-state index in [1.54, 1.807) is 25.3 Å². The van der Waals surface area contributed by atoms with Gasteiger partial charge >= 0.3 is 0 Å². The first-order valence-electron chi connectivity index (χ1n) is 7.22. The van der Waals surface area contributed by atoms with Crippen molar-refractivity contribution in [2.45, 2.75) is 6.92 Å². The van der Waals surface area contributed by atoms with E-state index in [1.165, 1.54) is 18.4 Å². The number of carbonyl (C=O) groups excluding carboxylic acids is 1. The Bertz CT molecular complexity index is 921. The first kappa shape index (κ1) is 16.1. The van der Waals surface area contributed by atoms with E-state index in [-0.39, 0.29) is 5.91 Å². The number of ether oxygens (including phenoxy) is 2. The van der Waals surface area contributed by atoms with Crippen LogP contribution in [0.3, 0.4) is 0 Å². The van der Waals surface area contributed by atoms with Crippen molar-refractivity contribution in [1.82, 2.24) is 4.98 Å². The maximum absolute atomic E-state index is 12.5. The predicted molar refractivity (Wildman–Crippen MR) is 96.3 cm³/mol. The quantitative estimate of drug-likeness (QED) is 0.757. The number of methoxy groups -OCH3 is 2. The lowest BCUT2D eigenvalue weighted by Gasteiger charge is -2.10. The van der Waals surface area contributed by atoms with Gasteiger partial charge in [0.05, 0.1) is 24.4 Å². The number of thiazole rings is 1. The van der Waals surface area contributed by atoms with Crippen LogP contribution in [0.2, 0.25) is 0 Å². The number of nitrogens with one attached hydrogen (secondary N) is 1. The Morgan fingerprint density at radius 3 is 2.62 bits per heavy atom. The third-order valence-electron chi connectivity index (χ3n) is 3.61. The molecule has 3 rings (SSSR count). The van der Waals surface area contributed by atoms with Gasteiger partial charge in [0, 0.05) is 11.3 Å². The van der Waals surface area contributed by atoms with Gasteiger partial charge in [-0.25, -0.2) is 4.98 Å². The maximum Gasteiger partial charge on any atom is 0.255 e. The number of aromatic nitrogens is 1. The fraction of sp³-hybridized carbons (Fsp3) is 0.176. The molecular weight excluding hydrogens is 326 g/mol. The van der Waals surface area contributed by atoms with Crippen LogP contribution < -0.4 is 20.5 Å². The highest BCUT2D eigenvalue weighted by atomic mass is 32.1. The second-order valence-corrected chi connectivity index (χ2v) is 6.28. The summed E-state index contributed by atoms with van der Waals surface area (Å²) in [6.07, 6.45) is 0. The highest BCUT2D eigenvalue weighted by Crippen LogP contribution is 2.31. The molecule has 0 bridgehead atoms. The van der Waals surface area contributed by atoms with E-state index in [1.807, 2.05) is 19.1 Å². The highest BCUT2D eigenvalue weighted by Gasteiger charge is 2.13. The molecule has 0 saturated heterocycles. The van der Waals surface area contributed by atoms with Crippen molar-refractivity contribution in [2.75, 3.05) is 25.3 Å². The molecule has 124 valence electrons. The molecule has 1 aromatic heterocycles. The van der Waals surface area contributed by atoms with Gasteiger partial charge in [0.25, 0.3) is 5.91 Å². The summed E-state index contributed by atoms with van der Waals surface area (Å²) >= 11 is 1.39. The number of aryl methyl sites for hydroxylation is 1. The van der Waals surface area contributed by atoms with E-state index in [9.17, 15) is 4.79 Å². The van der Waals surface area contributed by atoms with Gasteiger partial charge in [-0.1, -0.05) is 11.3 Å². The van der Waals surface area contributed by atoms with E-state index >= 15 is 0 Å². The second kappa shape index (κ2) is 6.37. The van der Waals surface area contributed by atoms with Crippen LogP contribution in [0.4, 0.5) is 10.8 Å². The molecule has 0 fully saturated rings. The number of anilines is 2. The number of rotatable bonds is 4. The molecule has 0 aliphatic carbocycles.